The maximum Gasteiger partial charge on any atom is 0.243 e. The maximum atomic E-state index is 11.9. The van der Waals surface area contributed by atoms with Crippen LogP contribution in [-0.2, 0) is 19.4 Å². The van der Waals surface area contributed by atoms with Gasteiger partial charge in [0.05, 0.1) is 18.4 Å². The monoisotopic (exact) mass is 298 g/mol. The van der Waals surface area contributed by atoms with Gasteiger partial charge in [-0.25, -0.2) is 13.4 Å². The lowest BCUT2D eigenvalue weighted by Gasteiger charge is -2.23. The van der Waals surface area contributed by atoms with Gasteiger partial charge in [-0.2, -0.15) is 0 Å². The van der Waals surface area contributed by atoms with Gasteiger partial charge in [-0.1, -0.05) is 0 Å². The first-order valence-corrected chi connectivity index (χ1v) is 7.72. The molecular weight excluding hydrogens is 284 g/mol. The summed E-state index contributed by atoms with van der Waals surface area (Å²) in [6.45, 7) is 0.295. The normalized spacial score (nSPS) is 19.2. The van der Waals surface area contributed by atoms with Gasteiger partial charge in [0.2, 0.25) is 11.8 Å². The molecule has 0 radical (unpaired) electrons. The highest BCUT2D eigenvalue weighted by atomic mass is 32.2. The molecule has 8 nitrogen and oxygen atoms in total. The maximum absolute atomic E-state index is 11.9. The molecule has 1 unspecified atom stereocenters. The molecule has 0 saturated carbocycles. The highest BCUT2D eigenvalue weighted by molar-refractivity contribution is 7.90. The smallest absolute Gasteiger partial charge is 0.243 e. The molecule has 1 atom stereocenters. The number of pyridine rings is 1. The van der Waals surface area contributed by atoms with E-state index in [1.807, 2.05) is 0 Å². The molecule has 9 heteroatoms. The van der Waals surface area contributed by atoms with E-state index in [1.54, 1.807) is 0 Å². The second-order valence-corrected chi connectivity index (χ2v) is 6.35. The van der Waals surface area contributed by atoms with Gasteiger partial charge in [0.1, 0.15) is 6.04 Å². The van der Waals surface area contributed by atoms with Gasteiger partial charge in [-0.05, 0) is 12.1 Å². The predicted octanol–water partition coefficient (Wildman–Crippen LogP) is -1.49. The molecule has 2 amide bonds. The summed E-state index contributed by atoms with van der Waals surface area (Å²) in [6, 6.07) is 2.26. The summed E-state index contributed by atoms with van der Waals surface area (Å²) in [5.74, 6) is -0.480. The third kappa shape index (κ3) is 3.52. The third-order valence-electron chi connectivity index (χ3n) is 2.71. The van der Waals surface area contributed by atoms with Gasteiger partial charge < -0.3 is 10.6 Å². The van der Waals surface area contributed by atoms with E-state index in [0.717, 1.165) is 6.26 Å². The summed E-state index contributed by atoms with van der Waals surface area (Å²) in [4.78, 5) is 26.6. The van der Waals surface area contributed by atoms with Crippen molar-refractivity contribution in [1.29, 1.82) is 0 Å². The Morgan fingerprint density at radius 3 is 2.70 bits per heavy atom. The molecule has 1 aliphatic rings. The number of piperazine rings is 1. The Bertz CT molecular complexity index is 616. The summed E-state index contributed by atoms with van der Waals surface area (Å²) in [7, 11) is -3.36. The summed E-state index contributed by atoms with van der Waals surface area (Å²) >= 11 is 0. The molecule has 1 aromatic rings. The van der Waals surface area contributed by atoms with Gasteiger partial charge in [0.15, 0.2) is 14.9 Å². The van der Waals surface area contributed by atoms with E-state index < -0.39 is 15.9 Å². The second kappa shape index (κ2) is 5.55. The number of carbonyl (C=O) groups excluding carboxylic acids is 2. The minimum Gasteiger partial charge on any atom is -0.353 e. The van der Waals surface area contributed by atoms with Gasteiger partial charge >= 0.3 is 0 Å². The molecule has 1 aliphatic heterocycles. The van der Waals surface area contributed by atoms with Crippen LogP contribution in [0.2, 0.25) is 0 Å². The number of aromatic nitrogens is 1. The number of amides is 2. The van der Waals surface area contributed by atoms with Crippen LogP contribution in [0, 0.1) is 0 Å². The molecule has 1 fully saturated rings. The molecule has 108 valence electrons. The lowest BCUT2D eigenvalue weighted by Crippen LogP contribution is -2.56. The van der Waals surface area contributed by atoms with E-state index >= 15 is 0 Å². The van der Waals surface area contributed by atoms with Crippen LogP contribution in [0.4, 0.5) is 5.69 Å². The Labute approximate surface area is 115 Å². The summed E-state index contributed by atoms with van der Waals surface area (Å²) in [6.07, 6.45) is 2.33. The van der Waals surface area contributed by atoms with Gasteiger partial charge in [0.25, 0.3) is 0 Å². The van der Waals surface area contributed by atoms with Crippen molar-refractivity contribution in [3.63, 3.8) is 0 Å². The standard InChI is InChI=1S/C11H14N4O4S/c1-20(18,19)10-3-2-7(4-14-10)15-11(17)8-5-13-9(16)6-12-8/h2-4,8,12H,5-6H2,1H3,(H,13,16)(H,15,17). The minimum atomic E-state index is -3.36. The first-order chi connectivity index (χ1) is 9.36. The molecular formula is C11H14N4O4S. The predicted molar refractivity (Wildman–Crippen MR) is 70.8 cm³/mol. The van der Waals surface area contributed by atoms with Crippen LogP contribution in [-0.4, -0.2) is 50.6 Å². The first kappa shape index (κ1) is 14.4. The van der Waals surface area contributed by atoms with Crippen molar-refractivity contribution in [3.05, 3.63) is 18.3 Å². The largest absolute Gasteiger partial charge is 0.353 e. The highest BCUT2D eigenvalue weighted by Crippen LogP contribution is 2.10. The van der Waals surface area contributed by atoms with E-state index in [-0.39, 0.29) is 29.9 Å². The second-order valence-electron chi connectivity index (χ2n) is 4.38. The van der Waals surface area contributed by atoms with Crippen LogP contribution in [0.1, 0.15) is 0 Å². The average molecular weight is 298 g/mol. The van der Waals surface area contributed by atoms with E-state index in [0.29, 0.717) is 5.69 Å². The molecule has 3 N–H and O–H groups in total. The Morgan fingerprint density at radius 2 is 2.20 bits per heavy atom. The summed E-state index contributed by atoms with van der Waals surface area (Å²) in [5.41, 5.74) is 0.390. The van der Waals surface area contributed by atoms with Gasteiger partial charge in [0, 0.05) is 12.8 Å². The molecule has 0 spiro atoms. The number of sulfone groups is 1. The highest BCUT2D eigenvalue weighted by Gasteiger charge is 2.23. The fourth-order valence-corrected chi connectivity index (χ4v) is 2.21. The summed E-state index contributed by atoms with van der Waals surface area (Å²) < 4.78 is 22.5. The topological polar surface area (TPSA) is 117 Å². The van der Waals surface area contributed by atoms with Gasteiger partial charge in [-0.15, -0.1) is 0 Å². The zero-order valence-electron chi connectivity index (χ0n) is 10.7. The van der Waals surface area contributed by atoms with Crippen molar-refractivity contribution in [2.75, 3.05) is 24.7 Å². The molecule has 2 rings (SSSR count). The van der Waals surface area contributed by atoms with Gasteiger partial charge in [-0.3, -0.25) is 14.9 Å². The lowest BCUT2D eigenvalue weighted by atomic mass is 10.2. The lowest BCUT2D eigenvalue weighted by molar-refractivity contribution is -0.124. The SMILES string of the molecule is CS(=O)(=O)c1ccc(NC(=O)C2CNC(=O)CN2)cn1. The van der Waals surface area contributed by atoms with E-state index in [4.69, 9.17) is 0 Å². The zero-order valence-corrected chi connectivity index (χ0v) is 11.5. The Hall–Kier alpha value is -2.00. The molecule has 0 bridgehead atoms. The molecule has 2 heterocycles. The van der Waals surface area contributed by atoms with Crippen molar-refractivity contribution in [1.82, 2.24) is 15.6 Å². The quantitative estimate of drug-likeness (QED) is 0.626. The van der Waals surface area contributed by atoms with Crippen molar-refractivity contribution >= 4 is 27.3 Å². The first-order valence-electron chi connectivity index (χ1n) is 5.83. The molecule has 0 aliphatic carbocycles. The minimum absolute atomic E-state index is 0.0569. The number of rotatable bonds is 3. The number of carbonyl (C=O) groups is 2. The third-order valence-corrected chi connectivity index (χ3v) is 3.71. The van der Waals surface area contributed by atoms with E-state index in [1.165, 1.54) is 18.3 Å². The van der Waals surface area contributed by atoms with Crippen LogP contribution in [0.5, 0.6) is 0 Å². The van der Waals surface area contributed by atoms with Crippen LogP contribution >= 0.6 is 0 Å². The Morgan fingerprint density at radius 1 is 1.45 bits per heavy atom. The van der Waals surface area contributed by atoms with Crippen LogP contribution in [0.25, 0.3) is 0 Å². The fraction of sp³-hybridized carbons (Fsp3) is 0.364. The van der Waals surface area contributed by atoms with Crippen molar-refractivity contribution in [3.8, 4) is 0 Å². The number of nitrogens with one attached hydrogen (secondary N) is 3. The molecule has 1 saturated heterocycles. The van der Waals surface area contributed by atoms with Crippen LogP contribution < -0.4 is 16.0 Å². The number of nitrogens with zero attached hydrogens (tertiary/aromatic N) is 1. The molecule has 0 aromatic carbocycles. The zero-order chi connectivity index (χ0) is 14.8. The number of anilines is 1. The van der Waals surface area contributed by atoms with Crippen molar-refractivity contribution < 1.29 is 18.0 Å². The molecule has 20 heavy (non-hydrogen) atoms. The number of hydrogen-bond donors (Lipinski definition) is 3. The average Bonchev–Trinajstić information content (AvgIpc) is 2.39. The molecule has 1 aromatic heterocycles. The number of hydrogen-bond acceptors (Lipinski definition) is 6. The van der Waals surface area contributed by atoms with Crippen molar-refractivity contribution in [2.24, 2.45) is 0 Å². The van der Waals surface area contributed by atoms with Crippen molar-refractivity contribution in [2.45, 2.75) is 11.1 Å². The van der Waals surface area contributed by atoms with E-state index in [9.17, 15) is 18.0 Å². The van der Waals surface area contributed by atoms with Crippen LogP contribution in [0.3, 0.4) is 0 Å². The van der Waals surface area contributed by atoms with E-state index in [2.05, 4.69) is 20.9 Å². The Balaban J connectivity index is 2.00. The van der Waals surface area contributed by atoms with Crippen LogP contribution in [0.15, 0.2) is 23.4 Å². The Kier molecular flexibility index (Phi) is 4.00. The summed E-state index contributed by atoms with van der Waals surface area (Å²) in [5, 5.41) is 7.89. The fourth-order valence-electron chi connectivity index (χ4n) is 1.65.